The first-order chi connectivity index (χ1) is 15.8. The molecule has 3 aromatic rings. The highest BCUT2D eigenvalue weighted by Gasteiger charge is 2.29. The summed E-state index contributed by atoms with van der Waals surface area (Å²) in [7, 11) is -2.47. The smallest absolute Gasteiger partial charge is 0.280 e. The van der Waals surface area contributed by atoms with E-state index in [1.165, 1.54) is 29.6 Å². The van der Waals surface area contributed by atoms with E-state index in [9.17, 15) is 18.0 Å². The average molecular weight is 471 g/mol. The fourth-order valence-electron chi connectivity index (χ4n) is 3.98. The Morgan fingerprint density at radius 1 is 1.06 bits per heavy atom. The van der Waals surface area contributed by atoms with Gasteiger partial charge in [0.05, 0.1) is 18.0 Å². The summed E-state index contributed by atoms with van der Waals surface area (Å²) in [5, 5.41) is 0.363. The molecule has 2 heterocycles. The van der Waals surface area contributed by atoms with Crippen molar-refractivity contribution < 1.29 is 17.9 Å². The number of amides is 1. The van der Waals surface area contributed by atoms with Crippen LogP contribution in [0.25, 0.3) is 10.9 Å². The number of hydrogen-bond acceptors (Lipinski definition) is 6. The van der Waals surface area contributed by atoms with E-state index in [-0.39, 0.29) is 16.2 Å². The predicted molar refractivity (Wildman–Crippen MR) is 125 cm³/mol. The summed E-state index contributed by atoms with van der Waals surface area (Å²) in [6.45, 7) is 2.47. The molecule has 0 atom stereocenters. The molecule has 1 saturated heterocycles. The minimum Gasteiger partial charge on any atom is -0.495 e. The van der Waals surface area contributed by atoms with Gasteiger partial charge in [0, 0.05) is 18.7 Å². The molecule has 0 radical (unpaired) electrons. The lowest BCUT2D eigenvalue weighted by atomic mass is 10.2. The van der Waals surface area contributed by atoms with Crippen molar-refractivity contribution in [2.75, 3.05) is 25.6 Å². The van der Waals surface area contributed by atoms with Crippen molar-refractivity contribution in [3.8, 4) is 5.75 Å². The van der Waals surface area contributed by atoms with Gasteiger partial charge in [-0.2, -0.15) is 4.31 Å². The largest absolute Gasteiger partial charge is 0.495 e. The Kier molecular flexibility index (Phi) is 6.48. The van der Waals surface area contributed by atoms with Crippen LogP contribution in [0.3, 0.4) is 0 Å². The number of methoxy groups -OCH3 is 1. The van der Waals surface area contributed by atoms with Gasteiger partial charge in [0.2, 0.25) is 10.0 Å². The van der Waals surface area contributed by atoms with Crippen LogP contribution in [-0.4, -0.2) is 48.5 Å². The van der Waals surface area contributed by atoms with Gasteiger partial charge < -0.3 is 4.74 Å². The zero-order valence-electron chi connectivity index (χ0n) is 18.6. The standard InChI is InChI=1S/C23H26N4O5S/c1-16-24-19-10-6-5-9-18(19)23(29)27(16)25-22(28)17-11-12-20(32-2)21(15-17)33(30,31)26-13-7-3-4-8-14-26/h5-6,9-12,15H,3-4,7-8,13-14H2,1-2H3,(H,25,28). The molecule has 1 fully saturated rings. The molecule has 1 N–H and O–H groups in total. The van der Waals surface area contributed by atoms with Gasteiger partial charge in [-0.3, -0.25) is 15.0 Å². The molecular weight excluding hydrogens is 444 g/mol. The third-order valence-corrected chi connectivity index (χ3v) is 7.69. The Hall–Kier alpha value is -3.24. The first-order valence-electron chi connectivity index (χ1n) is 10.8. The van der Waals surface area contributed by atoms with Gasteiger partial charge in [0.15, 0.2) is 0 Å². The minimum atomic E-state index is -3.85. The molecule has 0 spiro atoms. The van der Waals surface area contributed by atoms with Gasteiger partial charge in [-0.25, -0.2) is 18.1 Å². The van der Waals surface area contributed by atoms with E-state index in [2.05, 4.69) is 10.4 Å². The second-order valence-corrected chi connectivity index (χ2v) is 9.85. The van der Waals surface area contributed by atoms with Crippen LogP contribution in [0.4, 0.5) is 0 Å². The van der Waals surface area contributed by atoms with Crippen LogP contribution in [0.2, 0.25) is 0 Å². The number of aromatic nitrogens is 2. The molecule has 1 aromatic heterocycles. The van der Waals surface area contributed by atoms with Gasteiger partial charge in [-0.15, -0.1) is 0 Å². The Bertz CT molecular complexity index is 1360. The molecule has 1 aliphatic rings. The first-order valence-corrected chi connectivity index (χ1v) is 12.2. The Morgan fingerprint density at radius 2 is 1.76 bits per heavy atom. The third kappa shape index (κ3) is 4.49. The number of benzene rings is 2. The Morgan fingerprint density at radius 3 is 2.45 bits per heavy atom. The number of nitrogens with one attached hydrogen (secondary N) is 1. The van der Waals surface area contributed by atoms with E-state index < -0.39 is 21.5 Å². The molecule has 0 aliphatic carbocycles. The molecular formula is C23H26N4O5S. The summed E-state index contributed by atoms with van der Waals surface area (Å²) in [5.41, 5.74) is 2.74. The van der Waals surface area contributed by atoms with Crippen LogP contribution < -0.4 is 15.7 Å². The molecule has 1 aliphatic heterocycles. The molecule has 2 aromatic carbocycles. The fourth-order valence-corrected chi connectivity index (χ4v) is 5.68. The number of rotatable bonds is 5. The number of ether oxygens (including phenoxy) is 1. The van der Waals surface area contributed by atoms with E-state index in [0.29, 0.717) is 29.8 Å². The van der Waals surface area contributed by atoms with Gasteiger partial charge in [-0.1, -0.05) is 25.0 Å². The monoisotopic (exact) mass is 470 g/mol. The quantitative estimate of drug-likeness (QED) is 0.614. The maximum absolute atomic E-state index is 13.4. The highest BCUT2D eigenvalue weighted by atomic mass is 32.2. The lowest BCUT2D eigenvalue weighted by molar-refractivity contribution is 0.101. The zero-order chi connectivity index (χ0) is 23.6. The first kappa shape index (κ1) is 22.9. The molecule has 0 saturated carbocycles. The maximum Gasteiger partial charge on any atom is 0.280 e. The summed E-state index contributed by atoms with van der Waals surface area (Å²) < 4.78 is 34.5. The lowest BCUT2D eigenvalue weighted by Crippen LogP contribution is -2.36. The van der Waals surface area contributed by atoms with Gasteiger partial charge in [0.25, 0.3) is 11.5 Å². The highest BCUT2D eigenvalue weighted by molar-refractivity contribution is 7.89. The number of carbonyl (C=O) groups excluding carboxylic acids is 1. The van der Waals surface area contributed by atoms with Crippen LogP contribution in [0.1, 0.15) is 41.9 Å². The summed E-state index contributed by atoms with van der Waals surface area (Å²) in [4.78, 5) is 30.2. The van der Waals surface area contributed by atoms with Crippen molar-refractivity contribution in [3.05, 3.63) is 64.2 Å². The Balaban J connectivity index is 1.70. The molecule has 1 amide bonds. The number of aryl methyl sites for hydroxylation is 1. The second kappa shape index (κ2) is 9.32. The van der Waals surface area contributed by atoms with Crippen molar-refractivity contribution in [1.29, 1.82) is 0 Å². The molecule has 9 nitrogen and oxygen atoms in total. The summed E-state index contributed by atoms with van der Waals surface area (Å²) in [6.07, 6.45) is 3.55. The number of sulfonamides is 1. The van der Waals surface area contributed by atoms with Crippen LogP contribution in [0.5, 0.6) is 5.75 Å². The SMILES string of the molecule is COc1ccc(C(=O)Nn2c(C)nc3ccccc3c2=O)cc1S(=O)(=O)N1CCCCCC1. The highest BCUT2D eigenvalue weighted by Crippen LogP contribution is 2.29. The summed E-state index contributed by atoms with van der Waals surface area (Å²) in [5.74, 6) is -0.165. The van der Waals surface area contributed by atoms with Gasteiger partial charge >= 0.3 is 0 Å². The van der Waals surface area contributed by atoms with E-state index in [1.54, 1.807) is 31.2 Å². The van der Waals surface area contributed by atoms with E-state index in [1.807, 2.05) is 0 Å². The molecule has 33 heavy (non-hydrogen) atoms. The van der Waals surface area contributed by atoms with Gasteiger partial charge in [-0.05, 0) is 50.1 Å². The van der Waals surface area contributed by atoms with Crippen molar-refractivity contribution >= 4 is 26.8 Å². The number of fused-ring (bicyclic) bond motifs is 1. The van der Waals surface area contributed by atoms with Crippen LogP contribution in [0.15, 0.2) is 52.2 Å². The zero-order valence-corrected chi connectivity index (χ0v) is 19.4. The number of carbonyl (C=O) groups is 1. The number of nitrogens with zero attached hydrogens (tertiary/aromatic N) is 3. The topological polar surface area (TPSA) is 111 Å². The average Bonchev–Trinajstić information content (AvgIpc) is 3.11. The third-order valence-electron chi connectivity index (χ3n) is 5.77. The van der Waals surface area contributed by atoms with E-state index >= 15 is 0 Å². The molecule has 174 valence electrons. The number of para-hydroxylation sites is 1. The van der Waals surface area contributed by atoms with Crippen LogP contribution in [-0.2, 0) is 10.0 Å². The van der Waals surface area contributed by atoms with E-state index in [0.717, 1.165) is 30.4 Å². The van der Waals surface area contributed by atoms with Crippen molar-refractivity contribution in [3.63, 3.8) is 0 Å². The second-order valence-electron chi connectivity index (χ2n) is 7.94. The molecule has 4 rings (SSSR count). The fraction of sp³-hybridized carbons (Fsp3) is 0.348. The summed E-state index contributed by atoms with van der Waals surface area (Å²) >= 11 is 0. The van der Waals surface area contributed by atoms with Crippen LogP contribution >= 0.6 is 0 Å². The lowest BCUT2D eigenvalue weighted by Gasteiger charge is -2.21. The minimum absolute atomic E-state index is 0.0692. The van der Waals surface area contributed by atoms with Crippen LogP contribution in [0, 0.1) is 6.92 Å². The molecule has 10 heteroatoms. The maximum atomic E-state index is 13.4. The van der Waals surface area contributed by atoms with Crippen molar-refractivity contribution in [2.24, 2.45) is 0 Å². The van der Waals surface area contributed by atoms with E-state index in [4.69, 9.17) is 4.74 Å². The van der Waals surface area contributed by atoms with Crippen molar-refractivity contribution in [1.82, 2.24) is 14.0 Å². The molecule has 0 unspecified atom stereocenters. The van der Waals surface area contributed by atoms with Crippen molar-refractivity contribution in [2.45, 2.75) is 37.5 Å². The normalized spacial score (nSPS) is 15.2. The molecule has 0 bridgehead atoms. The summed E-state index contributed by atoms with van der Waals surface area (Å²) in [6, 6.07) is 11.1. The number of hydrogen-bond donors (Lipinski definition) is 1. The predicted octanol–water partition coefficient (Wildman–Crippen LogP) is 2.66. The Labute approximate surface area is 192 Å². The van der Waals surface area contributed by atoms with Gasteiger partial charge in [0.1, 0.15) is 16.5 Å².